The van der Waals surface area contributed by atoms with Gasteiger partial charge in [-0.2, -0.15) is 0 Å². The van der Waals surface area contributed by atoms with E-state index in [0.717, 1.165) is 5.56 Å². The Balaban J connectivity index is 2.52. The van der Waals surface area contributed by atoms with Crippen molar-refractivity contribution < 1.29 is 14.7 Å². The Morgan fingerprint density at radius 1 is 1.38 bits per heavy atom. The number of rotatable bonds is 7. The summed E-state index contributed by atoms with van der Waals surface area (Å²) >= 11 is 11.9. The molecule has 7 heteroatoms. The first-order chi connectivity index (χ1) is 9.79. The predicted octanol–water partition coefficient (Wildman–Crippen LogP) is 2.58. The van der Waals surface area contributed by atoms with Crippen molar-refractivity contribution in [2.24, 2.45) is 0 Å². The summed E-state index contributed by atoms with van der Waals surface area (Å²) in [4.78, 5) is 24.0. The van der Waals surface area contributed by atoms with Gasteiger partial charge in [0.05, 0.1) is 19.0 Å². The van der Waals surface area contributed by atoms with Gasteiger partial charge in [0, 0.05) is 16.6 Å². The Morgan fingerprint density at radius 2 is 2.05 bits per heavy atom. The zero-order valence-corrected chi connectivity index (χ0v) is 13.4. The lowest BCUT2D eigenvalue weighted by Gasteiger charge is -2.19. The van der Waals surface area contributed by atoms with Crippen LogP contribution in [0.4, 0.5) is 0 Å². The summed E-state index contributed by atoms with van der Waals surface area (Å²) in [6.07, 6.45) is 0.00233. The lowest BCUT2D eigenvalue weighted by molar-refractivity contribution is -0.137. The Kier molecular flexibility index (Phi) is 6.95. The highest BCUT2D eigenvalue weighted by molar-refractivity contribution is 6.35. The van der Waals surface area contributed by atoms with Crippen LogP contribution in [0.25, 0.3) is 0 Å². The minimum Gasteiger partial charge on any atom is -0.481 e. The van der Waals surface area contributed by atoms with E-state index in [4.69, 9.17) is 28.3 Å². The van der Waals surface area contributed by atoms with Gasteiger partial charge in [0.2, 0.25) is 5.91 Å². The van der Waals surface area contributed by atoms with Gasteiger partial charge in [0.25, 0.3) is 0 Å². The van der Waals surface area contributed by atoms with E-state index in [1.165, 1.54) is 0 Å². The molecule has 0 aromatic heterocycles. The van der Waals surface area contributed by atoms with Gasteiger partial charge < -0.3 is 10.4 Å². The van der Waals surface area contributed by atoms with Crippen molar-refractivity contribution in [3.8, 4) is 0 Å². The zero-order chi connectivity index (χ0) is 16.0. The van der Waals surface area contributed by atoms with Gasteiger partial charge in [0.1, 0.15) is 0 Å². The number of halogens is 2. The molecule has 0 saturated heterocycles. The van der Waals surface area contributed by atoms with Crippen molar-refractivity contribution in [2.45, 2.75) is 19.4 Å². The molecule has 21 heavy (non-hydrogen) atoms. The Hall–Kier alpha value is -1.30. The number of nitrogens with zero attached hydrogens (tertiary/aromatic N) is 1. The molecule has 0 heterocycles. The molecular weight excluding hydrogens is 315 g/mol. The molecule has 0 aliphatic carbocycles. The van der Waals surface area contributed by atoms with Gasteiger partial charge in [-0.15, -0.1) is 0 Å². The highest BCUT2D eigenvalue weighted by Gasteiger charge is 2.14. The number of aliphatic carboxylic acids is 1. The van der Waals surface area contributed by atoms with Crippen molar-refractivity contribution in [1.29, 1.82) is 0 Å². The van der Waals surface area contributed by atoms with Crippen LogP contribution >= 0.6 is 23.2 Å². The van der Waals surface area contributed by atoms with Crippen molar-refractivity contribution in [1.82, 2.24) is 10.2 Å². The maximum Gasteiger partial charge on any atom is 0.304 e. The zero-order valence-electron chi connectivity index (χ0n) is 11.9. The smallest absolute Gasteiger partial charge is 0.304 e. The van der Waals surface area contributed by atoms with Crippen LogP contribution in [0.2, 0.25) is 10.0 Å². The number of nitrogens with one attached hydrogen (secondary N) is 1. The molecular formula is C14H18Cl2N2O3. The normalized spacial score (nSPS) is 12.2. The molecule has 0 spiro atoms. The Bertz CT molecular complexity index is 523. The molecule has 116 valence electrons. The minimum absolute atomic E-state index is 0.00233. The van der Waals surface area contributed by atoms with Gasteiger partial charge >= 0.3 is 5.97 Å². The number of carbonyl (C=O) groups is 2. The molecule has 2 N–H and O–H groups in total. The van der Waals surface area contributed by atoms with Crippen molar-refractivity contribution in [3.05, 3.63) is 33.8 Å². The van der Waals surface area contributed by atoms with E-state index in [1.54, 1.807) is 30.1 Å². The van der Waals surface area contributed by atoms with Crippen LogP contribution in [0.1, 0.15) is 24.9 Å². The Labute approximate surface area is 133 Å². The fraction of sp³-hybridized carbons (Fsp3) is 0.429. The summed E-state index contributed by atoms with van der Waals surface area (Å²) in [6.45, 7) is 2.27. The molecule has 1 amide bonds. The van der Waals surface area contributed by atoms with Crippen LogP contribution in [0.3, 0.4) is 0 Å². The van der Waals surface area contributed by atoms with E-state index in [0.29, 0.717) is 16.6 Å². The van der Waals surface area contributed by atoms with Crippen LogP contribution < -0.4 is 5.32 Å². The number of amides is 1. The average molecular weight is 333 g/mol. The average Bonchev–Trinajstić information content (AvgIpc) is 2.35. The number of hydrogen-bond donors (Lipinski definition) is 2. The van der Waals surface area contributed by atoms with Crippen LogP contribution in [-0.2, 0) is 9.59 Å². The SMILES string of the molecule is CC(NC(=O)CN(C)CCC(=O)O)c1ccc(Cl)cc1Cl. The topological polar surface area (TPSA) is 69.6 Å². The molecule has 0 aliphatic heterocycles. The number of carboxylic acids is 1. The standard InChI is InChI=1S/C14H18Cl2N2O3/c1-9(11-4-3-10(15)7-12(11)16)17-13(19)8-18(2)6-5-14(20)21/h3-4,7,9H,5-6,8H2,1-2H3,(H,17,19)(H,20,21). The number of carboxylic acid groups (broad SMARTS) is 1. The largest absolute Gasteiger partial charge is 0.481 e. The molecule has 1 rings (SSSR count). The third-order valence-corrected chi connectivity index (χ3v) is 3.49. The third kappa shape index (κ3) is 6.33. The third-order valence-electron chi connectivity index (χ3n) is 2.93. The predicted molar refractivity (Wildman–Crippen MR) is 82.8 cm³/mol. The van der Waals surface area contributed by atoms with Crippen molar-refractivity contribution >= 4 is 35.1 Å². The van der Waals surface area contributed by atoms with E-state index in [-0.39, 0.29) is 24.9 Å². The lowest BCUT2D eigenvalue weighted by Crippen LogP contribution is -2.37. The highest BCUT2D eigenvalue weighted by atomic mass is 35.5. The summed E-state index contributed by atoms with van der Waals surface area (Å²) < 4.78 is 0. The second kappa shape index (κ2) is 8.22. The summed E-state index contributed by atoms with van der Waals surface area (Å²) in [7, 11) is 1.70. The van der Waals surface area contributed by atoms with Crippen LogP contribution in [0.5, 0.6) is 0 Å². The van der Waals surface area contributed by atoms with Gasteiger partial charge in [-0.05, 0) is 31.7 Å². The summed E-state index contributed by atoms with van der Waals surface area (Å²) in [5.41, 5.74) is 0.780. The molecule has 1 atom stereocenters. The molecule has 0 bridgehead atoms. The molecule has 0 saturated carbocycles. The van der Waals surface area contributed by atoms with Crippen molar-refractivity contribution in [2.75, 3.05) is 20.1 Å². The number of benzene rings is 1. The van der Waals surface area contributed by atoms with Crippen LogP contribution in [0.15, 0.2) is 18.2 Å². The molecule has 0 aliphatic rings. The van der Waals surface area contributed by atoms with Gasteiger partial charge in [-0.3, -0.25) is 14.5 Å². The van der Waals surface area contributed by atoms with Crippen LogP contribution in [-0.4, -0.2) is 42.0 Å². The molecule has 5 nitrogen and oxygen atoms in total. The first kappa shape index (κ1) is 17.8. The van der Waals surface area contributed by atoms with E-state index in [9.17, 15) is 9.59 Å². The maximum atomic E-state index is 11.9. The summed E-state index contributed by atoms with van der Waals surface area (Å²) in [6, 6.07) is 4.85. The summed E-state index contributed by atoms with van der Waals surface area (Å²) in [5.74, 6) is -1.08. The number of carbonyl (C=O) groups excluding carboxylic acids is 1. The first-order valence-electron chi connectivity index (χ1n) is 6.44. The maximum absolute atomic E-state index is 11.9. The van der Waals surface area contributed by atoms with E-state index in [1.807, 2.05) is 6.92 Å². The first-order valence-corrected chi connectivity index (χ1v) is 7.20. The quantitative estimate of drug-likeness (QED) is 0.805. The van der Waals surface area contributed by atoms with E-state index < -0.39 is 5.97 Å². The molecule has 1 aromatic rings. The van der Waals surface area contributed by atoms with E-state index in [2.05, 4.69) is 5.32 Å². The second-order valence-electron chi connectivity index (χ2n) is 4.84. The molecule has 0 radical (unpaired) electrons. The van der Waals surface area contributed by atoms with E-state index >= 15 is 0 Å². The lowest BCUT2D eigenvalue weighted by atomic mass is 10.1. The van der Waals surface area contributed by atoms with Gasteiger partial charge in [0.15, 0.2) is 0 Å². The fourth-order valence-electron chi connectivity index (χ4n) is 1.83. The fourth-order valence-corrected chi connectivity index (χ4v) is 2.40. The highest BCUT2D eigenvalue weighted by Crippen LogP contribution is 2.25. The number of hydrogen-bond acceptors (Lipinski definition) is 3. The monoisotopic (exact) mass is 332 g/mol. The minimum atomic E-state index is -0.886. The number of likely N-dealkylation sites (N-methyl/N-ethyl adjacent to an activating group) is 1. The van der Waals surface area contributed by atoms with Crippen LogP contribution in [0, 0.1) is 0 Å². The van der Waals surface area contributed by atoms with Gasteiger partial charge in [-0.1, -0.05) is 29.3 Å². The Morgan fingerprint density at radius 3 is 2.62 bits per heavy atom. The second-order valence-corrected chi connectivity index (χ2v) is 5.68. The molecule has 1 unspecified atom stereocenters. The molecule has 0 fully saturated rings. The van der Waals surface area contributed by atoms with Crippen molar-refractivity contribution in [3.63, 3.8) is 0 Å². The summed E-state index contributed by atoms with van der Waals surface area (Å²) in [5, 5.41) is 12.4. The molecule has 1 aromatic carbocycles. The van der Waals surface area contributed by atoms with Gasteiger partial charge in [-0.25, -0.2) is 0 Å².